The van der Waals surface area contributed by atoms with E-state index in [0.29, 0.717) is 66.5 Å². The van der Waals surface area contributed by atoms with Crippen LogP contribution in [0.3, 0.4) is 0 Å². The highest BCUT2D eigenvalue weighted by molar-refractivity contribution is 6.30. The van der Waals surface area contributed by atoms with Gasteiger partial charge in [0.2, 0.25) is 5.78 Å². The SMILES string of the molecule is CCOC(=O)C1CCN(Cc2c(O)cc(C)c3c2O/C(=C/c2ccc(Cl)cc2)C3=O)CC1. The predicted molar refractivity (Wildman–Crippen MR) is 122 cm³/mol. The largest absolute Gasteiger partial charge is 0.507 e. The first-order valence-corrected chi connectivity index (χ1v) is 11.2. The Morgan fingerprint density at radius 1 is 1.28 bits per heavy atom. The van der Waals surface area contributed by atoms with Gasteiger partial charge in [0.25, 0.3) is 0 Å². The number of phenolic OH excluding ortho intramolecular Hbond substituents is 1. The third kappa shape index (κ3) is 4.52. The molecular weight excluding hydrogens is 430 g/mol. The lowest BCUT2D eigenvalue weighted by Gasteiger charge is -2.31. The Hall–Kier alpha value is -2.83. The van der Waals surface area contributed by atoms with E-state index in [0.717, 1.165) is 5.56 Å². The number of piperidine rings is 1. The number of aryl methyl sites for hydroxylation is 1. The number of fused-ring (bicyclic) bond motifs is 1. The molecule has 168 valence electrons. The number of ketones is 1. The van der Waals surface area contributed by atoms with Gasteiger partial charge in [0, 0.05) is 11.6 Å². The van der Waals surface area contributed by atoms with Crippen molar-refractivity contribution in [2.75, 3.05) is 19.7 Å². The van der Waals surface area contributed by atoms with Gasteiger partial charge in [0.05, 0.1) is 23.7 Å². The van der Waals surface area contributed by atoms with Crippen molar-refractivity contribution in [1.82, 2.24) is 4.90 Å². The minimum absolute atomic E-state index is 0.0877. The molecule has 0 radical (unpaired) electrons. The number of rotatable bonds is 5. The molecule has 0 aromatic heterocycles. The molecule has 6 nitrogen and oxygen atoms in total. The second-order valence-electron chi connectivity index (χ2n) is 8.19. The summed E-state index contributed by atoms with van der Waals surface area (Å²) in [6.07, 6.45) is 3.09. The highest BCUT2D eigenvalue weighted by atomic mass is 35.5. The summed E-state index contributed by atoms with van der Waals surface area (Å²) in [5.41, 5.74) is 2.55. The van der Waals surface area contributed by atoms with E-state index in [-0.39, 0.29) is 29.2 Å². The monoisotopic (exact) mass is 455 g/mol. The smallest absolute Gasteiger partial charge is 0.309 e. The molecule has 32 heavy (non-hydrogen) atoms. The number of esters is 1. The molecule has 0 atom stereocenters. The summed E-state index contributed by atoms with van der Waals surface area (Å²) in [5, 5.41) is 11.3. The van der Waals surface area contributed by atoms with Gasteiger partial charge >= 0.3 is 5.97 Å². The van der Waals surface area contributed by atoms with Gasteiger partial charge < -0.3 is 14.6 Å². The molecule has 1 N–H and O–H groups in total. The van der Waals surface area contributed by atoms with Crippen molar-refractivity contribution in [1.29, 1.82) is 0 Å². The maximum absolute atomic E-state index is 13.1. The van der Waals surface area contributed by atoms with E-state index >= 15 is 0 Å². The van der Waals surface area contributed by atoms with Crippen LogP contribution in [-0.4, -0.2) is 41.5 Å². The third-order valence-electron chi connectivity index (χ3n) is 5.98. The number of ether oxygens (including phenoxy) is 2. The number of likely N-dealkylation sites (tertiary alicyclic amines) is 1. The topological polar surface area (TPSA) is 76.1 Å². The van der Waals surface area contributed by atoms with Crippen LogP contribution < -0.4 is 4.74 Å². The van der Waals surface area contributed by atoms with E-state index in [1.54, 1.807) is 31.2 Å². The molecule has 0 spiro atoms. The van der Waals surface area contributed by atoms with Crippen molar-refractivity contribution in [2.24, 2.45) is 5.92 Å². The first kappa shape index (κ1) is 22.4. The Balaban J connectivity index is 1.55. The molecule has 0 aliphatic carbocycles. The summed E-state index contributed by atoms with van der Waals surface area (Å²) in [4.78, 5) is 27.2. The van der Waals surface area contributed by atoms with Crippen LogP contribution >= 0.6 is 11.6 Å². The molecule has 0 amide bonds. The average molecular weight is 456 g/mol. The van der Waals surface area contributed by atoms with Crippen LogP contribution in [0.25, 0.3) is 6.08 Å². The summed E-state index contributed by atoms with van der Waals surface area (Å²) < 4.78 is 11.1. The normalized spacial score (nSPS) is 18.0. The van der Waals surface area contributed by atoms with Gasteiger partial charge in [0.15, 0.2) is 5.76 Å². The predicted octanol–water partition coefficient (Wildman–Crippen LogP) is 4.75. The van der Waals surface area contributed by atoms with Crippen LogP contribution in [0.1, 0.15) is 46.8 Å². The third-order valence-corrected chi connectivity index (χ3v) is 6.23. The van der Waals surface area contributed by atoms with Crippen molar-refractivity contribution in [3.63, 3.8) is 0 Å². The molecule has 2 aromatic rings. The zero-order valence-electron chi connectivity index (χ0n) is 18.2. The minimum Gasteiger partial charge on any atom is -0.507 e. The maximum Gasteiger partial charge on any atom is 0.309 e. The van der Waals surface area contributed by atoms with Gasteiger partial charge in [0.1, 0.15) is 11.5 Å². The number of phenols is 1. The van der Waals surface area contributed by atoms with E-state index in [1.165, 1.54) is 0 Å². The number of benzene rings is 2. The standard InChI is InChI=1S/C25H26ClNO5/c1-3-31-25(30)17-8-10-27(11-9-17)14-19-20(28)12-15(2)22-23(29)21(32-24(19)22)13-16-4-6-18(26)7-5-16/h4-7,12-13,17,28H,3,8-11,14H2,1-2H3/b21-13+. The van der Waals surface area contributed by atoms with Gasteiger partial charge in [-0.1, -0.05) is 23.7 Å². The molecule has 1 saturated heterocycles. The van der Waals surface area contributed by atoms with Crippen LogP contribution in [0.4, 0.5) is 0 Å². The van der Waals surface area contributed by atoms with Crippen LogP contribution in [0, 0.1) is 12.8 Å². The number of Topliss-reactive ketones (excluding diaryl/α,β-unsaturated/α-hetero) is 1. The van der Waals surface area contributed by atoms with E-state index in [2.05, 4.69) is 4.90 Å². The Kier molecular flexibility index (Phi) is 6.53. The van der Waals surface area contributed by atoms with E-state index in [4.69, 9.17) is 21.1 Å². The number of halogens is 1. The lowest BCUT2D eigenvalue weighted by molar-refractivity contribution is -0.149. The summed E-state index contributed by atoms with van der Waals surface area (Å²) in [6, 6.07) is 8.75. The lowest BCUT2D eigenvalue weighted by atomic mass is 9.95. The molecule has 2 aliphatic rings. The van der Waals surface area contributed by atoms with E-state index in [1.807, 2.05) is 19.1 Å². The van der Waals surface area contributed by atoms with Crippen LogP contribution in [0.5, 0.6) is 11.5 Å². The molecule has 2 aromatic carbocycles. The molecular formula is C25H26ClNO5. The zero-order chi connectivity index (χ0) is 22.8. The fraction of sp³-hybridized carbons (Fsp3) is 0.360. The fourth-order valence-electron chi connectivity index (χ4n) is 4.25. The van der Waals surface area contributed by atoms with Crippen molar-refractivity contribution in [3.05, 3.63) is 63.4 Å². The van der Waals surface area contributed by atoms with Crippen molar-refractivity contribution < 1.29 is 24.2 Å². The number of aromatic hydroxyl groups is 1. The first-order chi connectivity index (χ1) is 15.4. The van der Waals surface area contributed by atoms with Crippen molar-refractivity contribution in [3.8, 4) is 11.5 Å². The second kappa shape index (κ2) is 9.35. The molecule has 2 aliphatic heterocycles. The molecule has 2 heterocycles. The zero-order valence-corrected chi connectivity index (χ0v) is 18.9. The second-order valence-corrected chi connectivity index (χ2v) is 8.63. The summed E-state index contributed by atoms with van der Waals surface area (Å²) in [6.45, 7) is 5.83. The Morgan fingerprint density at radius 3 is 2.62 bits per heavy atom. The van der Waals surface area contributed by atoms with E-state index < -0.39 is 0 Å². The highest BCUT2D eigenvalue weighted by Gasteiger charge is 2.34. The highest BCUT2D eigenvalue weighted by Crippen LogP contribution is 2.42. The Morgan fingerprint density at radius 2 is 1.97 bits per heavy atom. The molecule has 1 fully saturated rings. The fourth-order valence-corrected chi connectivity index (χ4v) is 4.38. The van der Waals surface area contributed by atoms with Gasteiger partial charge in [-0.3, -0.25) is 14.5 Å². The maximum atomic E-state index is 13.1. The summed E-state index contributed by atoms with van der Waals surface area (Å²) in [7, 11) is 0. The number of nitrogens with zero attached hydrogens (tertiary/aromatic N) is 1. The van der Waals surface area contributed by atoms with Crippen LogP contribution in [0.2, 0.25) is 5.02 Å². The molecule has 0 saturated carbocycles. The Bertz CT molecular complexity index is 1070. The van der Waals surface area contributed by atoms with Gasteiger partial charge in [-0.15, -0.1) is 0 Å². The van der Waals surface area contributed by atoms with Gasteiger partial charge in [-0.2, -0.15) is 0 Å². The minimum atomic E-state index is -0.199. The number of carbonyl (C=O) groups excluding carboxylic acids is 2. The molecule has 0 unspecified atom stereocenters. The summed E-state index contributed by atoms with van der Waals surface area (Å²) in [5.74, 6) is 0.315. The number of hydrogen-bond donors (Lipinski definition) is 1. The average Bonchev–Trinajstić information content (AvgIpc) is 3.09. The molecule has 7 heteroatoms. The van der Waals surface area contributed by atoms with Crippen molar-refractivity contribution >= 4 is 29.4 Å². The lowest BCUT2D eigenvalue weighted by Crippen LogP contribution is -2.36. The van der Waals surface area contributed by atoms with Crippen molar-refractivity contribution in [2.45, 2.75) is 33.2 Å². The molecule has 4 rings (SSSR count). The number of carbonyl (C=O) groups is 2. The van der Waals surface area contributed by atoms with Gasteiger partial charge in [-0.05, 0) is 75.2 Å². The summed E-state index contributed by atoms with van der Waals surface area (Å²) >= 11 is 5.95. The van der Waals surface area contributed by atoms with Crippen LogP contribution in [-0.2, 0) is 16.1 Å². The quantitative estimate of drug-likeness (QED) is 0.518. The first-order valence-electron chi connectivity index (χ1n) is 10.8. The number of allylic oxidation sites excluding steroid dienone is 1. The van der Waals surface area contributed by atoms with Gasteiger partial charge in [-0.25, -0.2) is 0 Å². The van der Waals surface area contributed by atoms with Crippen LogP contribution in [0.15, 0.2) is 36.1 Å². The molecule has 0 bridgehead atoms. The Labute approximate surface area is 192 Å². The van der Waals surface area contributed by atoms with E-state index in [9.17, 15) is 14.7 Å². The number of hydrogen-bond acceptors (Lipinski definition) is 6.